The van der Waals surface area contributed by atoms with E-state index in [4.69, 9.17) is 5.11 Å². The van der Waals surface area contributed by atoms with Gasteiger partial charge in [0.2, 0.25) is 5.91 Å². The molecule has 1 unspecified atom stereocenters. The highest BCUT2D eigenvalue weighted by atomic mass is 16.4. The van der Waals surface area contributed by atoms with E-state index in [0.29, 0.717) is 31.8 Å². The lowest BCUT2D eigenvalue weighted by Gasteiger charge is -2.15. The van der Waals surface area contributed by atoms with Crippen LogP contribution in [0.2, 0.25) is 0 Å². The molecular weight excluding hydrogens is 272 g/mol. The van der Waals surface area contributed by atoms with Gasteiger partial charge in [-0.2, -0.15) is 0 Å². The van der Waals surface area contributed by atoms with Crippen LogP contribution in [0.15, 0.2) is 12.4 Å². The van der Waals surface area contributed by atoms with E-state index in [2.05, 4.69) is 22.6 Å². The Hall–Kier alpha value is -1.92. The van der Waals surface area contributed by atoms with Gasteiger partial charge < -0.3 is 10.4 Å². The predicted octanol–water partition coefficient (Wildman–Crippen LogP) is 1.46. The van der Waals surface area contributed by atoms with Gasteiger partial charge in [-0.1, -0.05) is 25.0 Å². The molecule has 1 aromatic rings. The Morgan fingerprint density at radius 3 is 2.71 bits per heavy atom. The van der Waals surface area contributed by atoms with Crippen LogP contribution in [0.4, 0.5) is 0 Å². The van der Waals surface area contributed by atoms with E-state index >= 15 is 0 Å². The molecule has 0 spiro atoms. The number of aliphatic carboxylic acids is 1. The number of aryl methyl sites for hydroxylation is 1. The Morgan fingerprint density at radius 1 is 1.29 bits per heavy atom. The van der Waals surface area contributed by atoms with Crippen molar-refractivity contribution in [2.24, 2.45) is 5.92 Å². The normalized spacial score (nSPS) is 12.0. The lowest BCUT2D eigenvalue weighted by atomic mass is 9.94. The van der Waals surface area contributed by atoms with Crippen molar-refractivity contribution in [3.63, 3.8) is 0 Å². The average Bonchev–Trinajstić information content (AvgIpc) is 2.95. The van der Waals surface area contributed by atoms with E-state index in [1.165, 1.54) is 0 Å². The van der Waals surface area contributed by atoms with Crippen molar-refractivity contribution < 1.29 is 14.7 Å². The molecule has 1 rings (SSSR count). The fraction of sp³-hybridized carbons (Fsp3) is 0.714. The van der Waals surface area contributed by atoms with E-state index in [1.54, 1.807) is 17.1 Å². The Morgan fingerprint density at radius 2 is 2.10 bits per heavy atom. The van der Waals surface area contributed by atoms with Crippen molar-refractivity contribution in [2.45, 2.75) is 52.0 Å². The SMILES string of the molecule is CCCC(CCNC(=O)CCn1ccnn1)CCC(=O)O. The van der Waals surface area contributed by atoms with Crippen LogP contribution in [0.5, 0.6) is 0 Å². The van der Waals surface area contributed by atoms with Gasteiger partial charge in [-0.3, -0.25) is 14.3 Å². The minimum atomic E-state index is -0.757. The van der Waals surface area contributed by atoms with Gasteiger partial charge in [0.15, 0.2) is 0 Å². The van der Waals surface area contributed by atoms with Crippen LogP contribution in [0.3, 0.4) is 0 Å². The smallest absolute Gasteiger partial charge is 0.303 e. The summed E-state index contributed by atoms with van der Waals surface area (Å²) < 4.78 is 1.62. The number of carbonyl (C=O) groups excluding carboxylic acids is 1. The molecular formula is C14H24N4O3. The van der Waals surface area contributed by atoms with E-state index in [9.17, 15) is 9.59 Å². The number of carboxylic acid groups (broad SMARTS) is 1. The number of nitrogens with zero attached hydrogens (tertiary/aromatic N) is 3. The summed E-state index contributed by atoms with van der Waals surface area (Å²) in [7, 11) is 0. The van der Waals surface area contributed by atoms with Crippen molar-refractivity contribution in [1.29, 1.82) is 0 Å². The Labute approximate surface area is 124 Å². The highest BCUT2D eigenvalue weighted by Gasteiger charge is 2.11. The van der Waals surface area contributed by atoms with Crippen LogP contribution in [0.1, 0.15) is 45.4 Å². The molecule has 21 heavy (non-hydrogen) atoms. The van der Waals surface area contributed by atoms with Gasteiger partial charge in [-0.15, -0.1) is 5.10 Å². The van der Waals surface area contributed by atoms with Crippen molar-refractivity contribution >= 4 is 11.9 Å². The van der Waals surface area contributed by atoms with Crippen LogP contribution in [0, 0.1) is 5.92 Å². The largest absolute Gasteiger partial charge is 0.481 e. The summed E-state index contributed by atoms with van der Waals surface area (Å²) in [6.07, 6.45) is 7.41. The molecule has 0 bridgehead atoms. The lowest BCUT2D eigenvalue weighted by molar-refractivity contribution is -0.137. The number of aromatic nitrogens is 3. The molecule has 7 heteroatoms. The first-order valence-electron chi connectivity index (χ1n) is 7.44. The van der Waals surface area contributed by atoms with Crippen molar-refractivity contribution in [3.05, 3.63) is 12.4 Å². The molecule has 0 aliphatic carbocycles. The quantitative estimate of drug-likeness (QED) is 0.644. The Bertz CT molecular complexity index is 420. The molecule has 0 saturated carbocycles. The maximum Gasteiger partial charge on any atom is 0.303 e. The number of nitrogens with one attached hydrogen (secondary N) is 1. The van der Waals surface area contributed by atoms with E-state index in [-0.39, 0.29) is 12.3 Å². The maximum absolute atomic E-state index is 11.7. The van der Waals surface area contributed by atoms with Gasteiger partial charge in [0.25, 0.3) is 0 Å². The van der Waals surface area contributed by atoms with Gasteiger partial charge in [0, 0.05) is 25.6 Å². The summed E-state index contributed by atoms with van der Waals surface area (Å²) in [5, 5.41) is 19.1. The van der Waals surface area contributed by atoms with Gasteiger partial charge in [0.1, 0.15) is 0 Å². The Kier molecular flexibility index (Phi) is 8.08. The highest BCUT2D eigenvalue weighted by molar-refractivity contribution is 5.75. The second-order valence-electron chi connectivity index (χ2n) is 5.14. The molecule has 7 nitrogen and oxygen atoms in total. The number of carboxylic acids is 1. The zero-order valence-corrected chi connectivity index (χ0v) is 12.5. The maximum atomic E-state index is 11.7. The van der Waals surface area contributed by atoms with Crippen molar-refractivity contribution in [2.75, 3.05) is 6.54 Å². The van der Waals surface area contributed by atoms with Crippen LogP contribution in [0.25, 0.3) is 0 Å². The summed E-state index contributed by atoms with van der Waals surface area (Å²) in [5.74, 6) is -0.409. The summed E-state index contributed by atoms with van der Waals surface area (Å²) in [6.45, 7) is 3.20. The second kappa shape index (κ2) is 9.90. The molecule has 1 aromatic heterocycles. The summed E-state index contributed by atoms with van der Waals surface area (Å²) in [5.41, 5.74) is 0. The van der Waals surface area contributed by atoms with E-state index in [1.807, 2.05) is 0 Å². The molecule has 0 aliphatic heterocycles. The topological polar surface area (TPSA) is 97.1 Å². The fourth-order valence-corrected chi connectivity index (χ4v) is 2.24. The molecule has 0 aromatic carbocycles. The molecule has 1 heterocycles. The Balaban J connectivity index is 2.16. The third kappa shape index (κ3) is 8.06. The number of carbonyl (C=O) groups is 2. The first-order chi connectivity index (χ1) is 10.1. The molecule has 1 atom stereocenters. The first-order valence-corrected chi connectivity index (χ1v) is 7.44. The summed E-state index contributed by atoms with van der Waals surface area (Å²) in [4.78, 5) is 22.3. The number of amides is 1. The summed E-state index contributed by atoms with van der Waals surface area (Å²) in [6, 6.07) is 0. The van der Waals surface area contributed by atoms with E-state index < -0.39 is 5.97 Å². The molecule has 0 saturated heterocycles. The van der Waals surface area contributed by atoms with Crippen molar-refractivity contribution in [1.82, 2.24) is 20.3 Å². The molecule has 118 valence electrons. The molecule has 0 fully saturated rings. The second-order valence-corrected chi connectivity index (χ2v) is 5.14. The van der Waals surface area contributed by atoms with Crippen LogP contribution in [-0.4, -0.2) is 38.5 Å². The van der Waals surface area contributed by atoms with Crippen LogP contribution in [-0.2, 0) is 16.1 Å². The van der Waals surface area contributed by atoms with Crippen LogP contribution < -0.4 is 5.32 Å². The zero-order valence-electron chi connectivity index (χ0n) is 12.5. The monoisotopic (exact) mass is 296 g/mol. The lowest BCUT2D eigenvalue weighted by Crippen LogP contribution is -2.27. The van der Waals surface area contributed by atoms with Crippen LogP contribution >= 0.6 is 0 Å². The average molecular weight is 296 g/mol. The molecule has 0 aliphatic rings. The fourth-order valence-electron chi connectivity index (χ4n) is 2.24. The summed E-state index contributed by atoms with van der Waals surface area (Å²) >= 11 is 0. The van der Waals surface area contributed by atoms with Crippen molar-refractivity contribution in [3.8, 4) is 0 Å². The third-order valence-corrected chi connectivity index (χ3v) is 3.38. The number of hydrogen-bond acceptors (Lipinski definition) is 4. The van der Waals surface area contributed by atoms with Gasteiger partial charge in [-0.05, 0) is 18.8 Å². The highest BCUT2D eigenvalue weighted by Crippen LogP contribution is 2.17. The number of hydrogen-bond donors (Lipinski definition) is 2. The third-order valence-electron chi connectivity index (χ3n) is 3.38. The zero-order chi connectivity index (χ0) is 15.5. The first kappa shape index (κ1) is 17.1. The van der Waals surface area contributed by atoms with E-state index in [0.717, 1.165) is 19.3 Å². The molecule has 2 N–H and O–H groups in total. The van der Waals surface area contributed by atoms with Gasteiger partial charge in [-0.25, -0.2) is 0 Å². The molecule has 1 amide bonds. The van der Waals surface area contributed by atoms with Gasteiger partial charge in [0.05, 0.1) is 12.7 Å². The standard InChI is InChI=1S/C14H24N4O3/c1-2-3-12(4-5-14(20)21)6-8-15-13(19)7-10-18-11-9-16-17-18/h9,11-12H,2-8,10H2,1H3,(H,15,19)(H,20,21). The minimum absolute atomic E-state index is 0.0148. The predicted molar refractivity (Wildman–Crippen MR) is 77.5 cm³/mol. The van der Waals surface area contributed by atoms with Gasteiger partial charge >= 0.3 is 5.97 Å². The molecule has 0 radical (unpaired) electrons. The number of rotatable bonds is 11. The minimum Gasteiger partial charge on any atom is -0.481 e.